The number of carbonyl (C=O) groups excluding carboxylic acids is 2. The summed E-state index contributed by atoms with van der Waals surface area (Å²) in [4.78, 5) is 28.6. The molecule has 4 aliphatic heterocycles. The highest BCUT2D eigenvalue weighted by molar-refractivity contribution is 5.90. The van der Waals surface area contributed by atoms with Crippen LogP contribution in [0.15, 0.2) is 0 Å². The molecule has 104 valence electrons. The van der Waals surface area contributed by atoms with Gasteiger partial charge in [0.25, 0.3) is 0 Å². The first-order valence-corrected chi connectivity index (χ1v) is 7.49. The molecule has 4 saturated heterocycles. The Morgan fingerprint density at radius 2 is 1.95 bits per heavy atom. The SMILES string of the molecule is O=C1CCN(C2CC3CCC2O3)C(=O)C2CCCN12. The van der Waals surface area contributed by atoms with E-state index in [-0.39, 0.29) is 30.0 Å². The predicted molar refractivity (Wildman–Crippen MR) is 67.4 cm³/mol. The van der Waals surface area contributed by atoms with Crippen LogP contribution in [0.2, 0.25) is 0 Å². The van der Waals surface area contributed by atoms with Gasteiger partial charge in [-0.3, -0.25) is 9.59 Å². The lowest BCUT2D eigenvalue weighted by Gasteiger charge is -2.33. The Kier molecular flexibility index (Phi) is 2.59. The van der Waals surface area contributed by atoms with Crippen molar-refractivity contribution in [3.63, 3.8) is 0 Å². The molecule has 0 N–H and O–H groups in total. The summed E-state index contributed by atoms with van der Waals surface area (Å²) in [6, 6.07) is 0.0359. The van der Waals surface area contributed by atoms with Crippen LogP contribution in [0, 0.1) is 0 Å². The van der Waals surface area contributed by atoms with Crippen molar-refractivity contribution in [3.8, 4) is 0 Å². The van der Waals surface area contributed by atoms with Crippen molar-refractivity contribution in [2.75, 3.05) is 13.1 Å². The van der Waals surface area contributed by atoms with Crippen LogP contribution in [0.25, 0.3) is 0 Å². The molecule has 4 atom stereocenters. The largest absolute Gasteiger partial charge is 0.373 e. The zero-order valence-electron chi connectivity index (χ0n) is 11.1. The minimum atomic E-state index is -0.186. The fraction of sp³-hybridized carbons (Fsp3) is 0.857. The van der Waals surface area contributed by atoms with Gasteiger partial charge in [0.2, 0.25) is 11.8 Å². The summed E-state index contributed by atoms with van der Waals surface area (Å²) in [7, 11) is 0. The predicted octanol–water partition coefficient (Wildman–Crippen LogP) is 0.530. The molecule has 0 aromatic rings. The first-order valence-electron chi connectivity index (χ1n) is 7.49. The van der Waals surface area contributed by atoms with Crippen LogP contribution >= 0.6 is 0 Å². The van der Waals surface area contributed by atoms with E-state index in [9.17, 15) is 9.59 Å². The standard InChI is InChI=1S/C14H20N2O3/c17-13-5-7-16(11-8-9-3-4-12(11)19-9)14(18)10-2-1-6-15(10)13/h9-12H,1-8H2. The molecule has 4 unspecified atom stereocenters. The van der Waals surface area contributed by atoms with Gasteiger partial charge in [0.15, 0.2) is 0 Å². The van der Waals surface area contributed by atoms with E-state index in [2.05, 4.69) is 0 Å². The van der Waals surface area contributed by atoms with Crippen molar-refractivity contribution in [2.24, 2.45) is 0 Å². The fourth-order valence-electron chi connectivity index (χ4n) is 4.25. The van der Waals surface area contributed by atoms with Gasteiger partial charge < -0.3 is 14.5 Å². The van der Waals surface area contributed by atoms with Crippen LogP contribution in [0.4, 0.5) is 0 Å². The highest BCUT2D eigenvalue weighted by atomic mass is 16.5. The van der Waals surface area contributed by atoms with Crippen molar-refractivity contribution in [1.82, 2.24) is 9.80 Å². The number of hydrogen-bond donors (Lipinski definition) is 0. The van der Waals surface area contributed by atoms with Crippen LogP contribution in [0.1, 0.15) is 38.5 Å². The zero-order valence-corrected chi connectivity index (χ0v) is 11.1. The third kappa shape index (κ3) is 1.71. The second-order valence-corrected chi connectivity index (χ2v) is 6.20. The molecule has 0 radical (unpaired) electrons. The number of carbonyl (C=O) groups is 2. The van der Waals surface area contributed by atoms with Gasteiger partial charge in [0.05, 0.1) is 18.2 Å². The van der Waals surface area contributed by atoms with Crippen LogP contribution < -0.4 is 0 Å². The van der Waals surface area contributed by atoms with Crippen molar-refractivity contribution >= 4 is 11.8 Å². The van der Waals surface area contributed by atoms with E-state index in [4.69, 9.17) is 4.74 Å². The summed E-state index contributed by atoms with van der Waals surface area (Å²) in [5, 5.41) is 0. The Balaban J connectivity index is 1.58. The molecule has 4 rings (SSSR count). The molecule has 0 spiro atoms. The van der Waals surface area contributed by atoms with E-state index < -0.39 is 0 Å². The summed E-state index contributed by atoms with van der Waals surface area (Å²) < 4.78 is 5.87. The number of hydrogen-bond acceptors (Lipinski definition) is 3. The molecule has 5 heteroatoms. The van der Waals surface area contributed by atoms with Gasteiger partial charge in [0, 0.05) is 19.5 Å². The summed E-state index contributed by atoms with van der Waals surface area (Å²) in [6.45, 7) is 1.35. The quantitative estimate of drug-likeness (QED) is 0.694. The molecular formula is C14H20N2O3. The van der Waals surface area contributed by atoms with Crippen molar-refractivity contribution < 1.29 is 14.3 Å². The maximum absolute atomic E-state index is 12.7. The topological polar surface area (TPSA) is 49.9 Å². The Bertz CT molecular complexity index is 425. The molecule has 4 aliphatic rings. The molecule has 0 aromatic carbocycles. The minimum absolute atomic E-state index is 0.155. The Hall–Kier alpha value is -1.10. The van der Waals surface area contributed by atoms with E-state index in [1.807, 2.05) is 4.90 Å². The Morgan fingerprint density at radius 1 is 1.05 bits per heavy atom. The smallest absolute Gasteiger partial charge is 0.245 e. The summed E-state index contributed by atoms with van der Waals surface area (Å²) >= 11 is 0. The normalized spacial score (nSPS) is 41.9. The van der Waals surface area contributed by atoms with E-state index >= 15 is 0 Å². The highest BCUT2D eigenvalue weighted by Gasteiger charge is 2.48. The van der Waals surface area contributed by atoms with Gasteiger partial charge in [-0.25, -0.2) is 0 Å². The maximum atomic E-state index is 12.7. The lowest BCUT2D eigenvalue weighted by atomic mass is 9.93. The first-order chi connectivity index (χ1) is 9.24. The number of amides is 2. The van der Waals surface area contributed by atoms with Crippen LogP contribution in [-0.4, -0.2) is 59.0 Å². The second-order valence-electron chi connectivity index (χ2n) is 6.20. The van der Waals surface area contributed by atoms with Crippen molar-refractivity contribution in [3.05, 3.63) is 0 Å². The van der Waals surface area contributed by atoms with E-state index in [1.54, 1.807) is 4.90 Å². The molecule has 4 heterocycles. The molecule has 5 nitrogen and oxygen atoms in total. The molecule has 4 fully saturated rings. The highest BCUT2D eigenvalue weighted by Crippen LogP contribution is 2.38. The van der Waals surface area contributed by atoms with Crippen molar-refractivity contribution in [2.45, 2.75) is 62.8 Å². The molecule has 0 aromatic heterocycles. The summed E-state index contributed by atoms with van der Waals surface area (Å²) in [5.41, 5.74) is 0. The fourth-order valence-corrected chi connectivity index (χ4v) is 4.25. The van der Waals surface area contributed by atoms with Gasteiger partial charge in [-0.1, -0.05) is 0 Å². The van der Waals surface area contributed by atoms with Gasteiger partial charge in [-0.15, -0.1) is 0 Å². The third-order valence-electron chi connectivity index (χ3n) is 5.18. The summed E-state index contributed by atoms with van der Waals surface area (Å²) in [5.74, 6) is 0.326. The monoisotopic (exact) mass is 264 g/mol. The molecular weight excluding hydrogens is 244 g/mol. The van der Waals surface area contributed by atoms with Crippen LogP contribution in [-0.2, 0) is 14.3 Å². The molecule has 0 saturated carbocycles. The van der Waals surface area contributed by atoms with Gasteiger partial charge in [-0.05, 0) is 32.1 Å². The lowest BCUT2D eigenvalue weighted by Crippen LogP contribution is -2.50. The average Bonchev–Trinajstić information content (AvgIpc) is 3.12. The molecule has 19 heavy (non-hydrogen) atoms. The van der Waals surface area contributed by atoms with Crippen LogP contribution in [0.5, 0.6) is 0 Å². The second kappa shape index (κ2) is 4.20. The molecule has 0 aliphatic carbocycles. The number of nitrogens with zero attached hydrogens (tertiary/aromatic N) is 2. The first kappa shape index (κ1) is 11.7. The number of ether oxygens (including phenoxy) is 1. The van der Waals surface area contributed by atoms with Gasteiger partial charge in [-0.2, -0.15) is 0 Å². The van der Waals surface area contributed by atoms with E-state index in [0.717, 1.165) is 38.6 Å². The molecule has 2 amide bonds. The number of fused-ring (bicyclic) bond motifs is 3. The Morgan fingerprint density at radius 3 is 2.68 bits per heavy atom. The van der Waals surface area contributed by atoms with Gasteiger partial charge in [0.1, 0.15) is 6.04 Å². The molecule has 2 bridgehead atoms. The van der Waals surface area contributed by atoms with Crippen LogP contribution in [0.3, 0.4) is 0 Å². The van der Waals surface area contributed by atoms with E-state index in [1.165, 1.54) is 0 Å². The summed E-state index contributed by atoms with van der Waals surface area (Å²) in [6.07, 6.45) is 6.02. The third-order valence-corrected chi connectivity index (χ3v) is 5.18. The minimum Gasteiger partial charge on any atom is -0.373 e. The van der Waals surface area contributed by atoms with Crippen molar-refractivity contribution in [1.29, 1.82) is 0 Å². The average molecular weight is 264 g/mol. The lowest BCUT2D eigenvalue weighted by molar-refractivity contribution is -0.141. The van der Waals surface area contributed by atoms with E-state index in [0.29, 0.717) is 19.1 Å². The zero-order chi connectivity index (χ0) is 13.0. The maximum Gasteiger partial charge on any atom is 0.245 e. The number of rotatable bonds is 1. The van der Waals surface area contributed by atoms with Gasteiger partial charge >= 0.3 is 0 Å². The Labute approximate surface area is 112 Å².